The maximum atomic E-state index is 5.38. The second kappa shape index (κ2) is 10.6. The fourth-order valence-corrected chi connectivity index (χ4v) is 6.33. The molecule has 0 saturated carbocycles. The molecule has 3 aromatic carbocycles. The minimum atomic E-state index is -0.738. The Labute approximate surface area is 254 Å². The van der Waals surface area contributed by atoms with E-state index in [1.165, 1.54) is 22.3 Å². The molecular formula is C37H28IrN3-. The van der Waals surface area contributed by atoms with Crippen LogP contribution in [-0.2, 0) is 30.9 Å². The zero-order valence-corrected chi connectivity index (χ0v) is 25.3. The van der Waals surface area contributed by atoms with Gasteiger partial charge in [-0.25, -0.2) is 4.98 Å². The zero-order valence-electron chi connectivity index (χ0n) is 22.9. The van der Waals surface area contributed by atoms with E-state index in [1.54, 1.807) is 0 Å². The first-order chi connectivity index (χ1) is 19.6. The Kier molecular flexibility index (Phi) is 6.99. The van der Waals surface area contributed by atoms with Crippen molar-refractivity contribution in [3.05, 3.63) is 173 Å². The summed E-state index contributed by atoms with van der Waals surface area (Å²) in [6, 6.07) is 47.5. The fourth-order valence-electron chi connectivity index (χ4n) is 6.33. The summed E-state index contributed by atoms with van der Waals surface area (Å²) in [7, 11) is 0. The first kappa shape index (κ1) is 27.0. The van der Waals surface area contributed by atoms with Gasteiger partial charge in [0.05, 0.1) is 22.8 Å². The fraction of sp³-hybridized carbons (Fsp3) is 0.108. The molecule has 0 saturated heterocycles. The molecule has 0 bridgehead atoms. The van der Waals surface area contributed by atoms with Gasteiger partial charge in [0.15, 0.2) is 0 Å². The molecule has 41 heavy (non-hydrogen) atoms. The minimum Gasteiger partial charge on any atom is -0.300 e. The molecule has 0 fully saturated rings. The molecule has 1 aliphatic carbocycles. The van der Waals surface area contributed by atoms with E-state index in [0.29, 0.717) is 0 Å². The maximum absolute atomic E-state index is 5.38. The third-order valence-corrected chi connectivity index (χ3v) is 8.19. The van der Waals surface area contributed by atoms with Crippen LogP contribution in [0.5, 0.6) is 0 Å². The number of hydrogen-bond acceptors (Lipinski definition) is 3. The summed E-state index contributed by atoms with van der Waals surface area (Å²) in [6.07, 6.45) is 1.81. The Morgan fingerprint density at radius 3 is 1.63 bits per heavy atom. The second-order valence-corrected chi connectivity index (χ2v) is 10.8. The molecule has 3 heterocycles. The Hall–Kier alpha value is -4.24. The predicted molar refractivity (Wildman–Crippen MR) is 160 cm³/mol. The van der Waals surface area contributed by atoms with Gasteiger partial charge in [-0.05, 0) is 58.3 Å². The molecule has 1 radical (unpaired) electrons. The van der Waals surface area contributed by atoms with Crippen LogP contribution in [0.4, 0.5) is 0 Å². The molecule has 0 unspecified atom stereocenters. The number of aromatic nitrogens is 3. The molecule has 7 rings (SSSR count). The summed E-state index contributed by atoms with van der Waals surface area (Å²) in [5.74, 6) is 0. The van der Waals surface area contributed by atoms with Gasteiger partial charge in [0, 0.05) is 31.7 Å². The van der Waals surface area contributed by atoms with E-state index in [9.17, 15) is 0 Å². The summed E-state index contributed by atoms with van der Waals surface area (Å²) in [5.41, 5.74) is 9.41. The monoisotopic (exact) mass is 707 g/mol. The smallest absolute Gasteiger partial charge is 0.104 e. The Morgan fingerprint density at radius 1 is 0.512 bits per heavy atom. The van der Waals surface area contributed by atoms with Crippen LogP contribution in [-0.4, -0.2) is 15.0 Å². The van der Waals surface area contributed by atoms with Gasteiger partial charge in [-0.3, -0.25) is 9.97 Å². The number of hydrogen-bond donors (Lipinski definition) is 0. The number of benzene rings is 3. The summed E-state index contributed by atoms with van der Waals surface area (Å²) < 4.78 is 0. The summed E-state index contributed by atoms with van der Waals surface area (Å²) in [6.45, 7) is 4.63. The molecule has 6 aromatic rings. The minimum absolute atomic E-state index is 0. The number of pyridine rings is 3. The SMILES string of the molecule is CC1(C)c2ccccc2C(c2cccc(-c3[c-]cccc3)n2)(c2cccc(-c3ccccn3)n2)c2ccccc21.[Ir]. The van der Waals surface area contributed by atoms with Gasteiger partial charge >= 0.3 is 0 Å². The first-order valence-corrected chi connectivity index (χ1v) is 13.6. The van der Waals surface area contributed by atoms with E-state index in [0.717, 1.165) is 34.0 Å². The van der Waals surface area contributed by atoms with Gasteiger partial charge in [0.25, 0.3) is 0 Å². The maximum Gasteiger partial charge on any atom is 0.104 e. The molecule has 3 aromatic heterocycles. The van der Waals surface area contributed by atoms with Crippen LogP contribution in [0.15, 0.2) is 134 Å². The number of fused-ring (bicyclic) bond motifs is 2. The first-order valence-electron chi connectivity index (χ1n) is 13.6. The molecule has 1 aliphatic rings. The van der Waals surface area contributed by atoms with Crippen molar-refractivity contribution in [1.29, 1.82) is 0 Å². The van der Waals surface area contributed by atoms with Crippen molar-refractivity contribution in [2.75, 3.05) is 0 Å². The number of nitrogens with zero attached hydrogens (tertiary/aromatic N) is 3. The molecular weight excluding hydrogens is 679 g/mol. The molecule has 0 amide bonds. The van der Waals surface area contributed by atoms with Crippen molar-refractivity contribution in [2.24, 2.45) is 0 Å². The van der Waals surface area contributed by atoms with E-state index >= 15 is 0 Å². The molecule has 0 spiro atoms. The largest absolute Gasteiger partial charge is 0.300 e. The summed E-state index contributed by atoms with van der Waals surface area (Å²) in [4.78, 5) is 15.3. The van der Waals surface area contributed by atoms with Crippen molar-refractivity contribution < 1.29 is 20.1 Å². The molecule has 0 aliphatic heterocycles. The number of rotatable bonds is 4. The molecule has 0 N–H and O–H groups in total. The van der Waals surface area contributed by atoms with Crippen LogP contribution >= 0.6 is 0 Å². The summed E-state index contributed by atoms with van der Waals surface area (Å²) >= 11 is 0. The van der Waals surface area contributed by atoms with Crippen LogP contribution in [0.3, 0.4) is 0 Å². The summed E-state index contributed by atoms with van der Waals surface area (Å²) in [5, 5.41) is 0. The van der Waals surface area contributed by atoms with Gasteiger partial charge < -0.3 is 0 Å². The van der Waals surface area contributed by atoms with Crippen molar-refractivity contribution in [3.8, 4) is 22.6 Å². The van der Waals surface area contributed by atoms with Crippen LogP contribution in [0.1, 0.15) is 47.5 Å². The van der Waals surface area contributed by atoms with Gasteiger partial charge in [-0.1, -0.05) is 86.6 Å². The quantitative estimate of drug-likeness (QED) is 0.174. The van der Waals surface area contributed by atoms with Crippen molar-refractivity contribution in [3.63, 3.8) is 0 Å². The van der Waals surface area contributed by atoms with Crippen LogP contribution in [0.25, 0.3) is 22.6 Å². The van der Waals surface area contributed by atoms with E-state index in [1.807, 2.05) is 48.7 Å². The van der Waals surface area contributed by atoms with Crippen LogP contribution in [0, 0.1) is 6.07 Å². The van der Waals surface area contributed by atoms with E-state index in [-0.39, 0.29) is 25.5 Å². The standard InChI is InChI=1S/C37H28N3.Ir/c1-36(2)27-16-6-8-18-29(27)37(30-19-9-7-17-28(30)36,34-23-12-21-31(39-34)26-14-4-3-5-15-26)35-24-13-22-33(40-35)32-20-10-11-25-38-32;/h3-14,16-25H,1-2H3;/q-1;. The van der Waals surface area contributed by atoms with Gasteiger partial charge in [0.2, 0.25) is 0 Å². The van der Waals surface area contributed by atoms with Crippen LogP contribution in [0.2, 0.25) is 0 Å². The second-order valence-electron chi connectivity index (χ2n) is 10.8. The van der Waals surface area contributed by atoms with E-state index < -0.39 is 5.41 Å². The predicted octanol–water partition coefficient (Wildman–Crippen LogP) is 8.03. The topological polar surface area (TPSA) is 38.7 Å². The van der Waals surface area contributed by atoms with E-state index in [4.69, 9.17) is 9.97 Å². The van der Waals surface area contributed by atoms with Crippen molar-refractivity contribution >= 4 is 0 Å². The van der Waals surface area contributed by atoms with Crippen molar-refractivity contribution in [1.82, 2.24) is 15.0 Å². The van der Waals surface area contributed by atoms with Crippen molar-refractivity contribution in [2.45, 2.75) is 24.7 Å². The third kappa shape index (κ3) is 4.26. The Bertz CT molecular complexity index is 1700. The van der Waals surface area contributed by atoms with Crippen LogP contribution < -0.4 is 0 Å². The molecule has 4 heteroatoms. The zero-order chi connectivity index (χ0) is 27.2. The average molecular weight is 707 g/mol. The molecule has 3 nitrogen and oxygen atoms in total. The Balaban J connectivity index is 0.00000302. The average Bonchev–Trinajstić information content (AvgIpc) is 3.03. The molecule has 0 atom stereocenters. The Morgan fingerprint density at radius 2 is 1.05 bits per heavy atom. The normalized spacial score (nSPS) is 14.3. The molecule has 201 valence electrons. The van der Waals surface area contributed by atoms with Gasteiger partial charge in [0.1, 0.15) is 5.41 Å². The third-order valence-electron chi connectivity index (χ3n) is 8.19. The van der Waals surface area contributed by atoms with Gasteiger partial charge in [-0.15, -0.1) is 35.9 Å². The van der Waals surface area contributed by atoms with E-state index in [2.05, 4.69) is 110 Å². The van der Waals surface area contributed by atoms with Gasteiger partial charge in [-0.2, -0.15) is 0 Å².